The van der Waals surface area contributed by atoms with E-state index in [4.69, 9.17) is 23.7 Å². The molecule has 1 aliphatic carbocycles. The summed E-state index contributed by atoms with van der Waals surface area (Å²) in [6.07, 6.45) is 5.11. The number of hydrogen-bond donors (Lipinski definition) is 6. The van der Waals surface area contributed by atoms with Crippen LogP contribution in [0.2, 0.25) is 0 Å². The maximum absolute atomic E-state index is 14.7. The number of methoxy groups -OCH3 is 1. The quantitative estimate of drug-likeness (QED) is 0.0774. The minimum Gasteiger partial charge on any atom is -0.507 e. The first-order chi connectivity index (χ1) is 30.3. The SMILES string of the molecule is CO[C@H]1C2OC2O[C@@]2(C)Oc3c(C)c(O)c4c(O)c(c(/C=N/N5CCN(C6CCCC6)CC5)c(O)c4c3C2=O)NC(=O)/C(C)=C\C=C\[C@H](C)[C@H](O)[C@@H](C)[C@@H](O)[C@@H](C)[C@H](OC(C)=O)[C@@H]1C. The number of rotatable bonds is 5. The molecule has 2 aromatic rings. The number of ether oxygens (including phenoxy) is 5. The van der Waals surface area contributed by atoms with Gasteiger partial charge in [0.15, 0.2) is 12.0 Å². The van der Waals surface area contributed by atoms with Crippen LogP contribution >= 0.6 is 0 Å². The highest BCUT2D eigenvalue weighted by atomic mass is 16.8. The van der Waals surface area contributed by atoms with Crippen molar-refractivity contribution in [1.29, 1.82) is 0 Å². The van der Waals surface area contributed by atoms with Gasteiger partial charge in [0.05, 0.1) is 46.7 Å². The fraction of sp³-hybridized carbons (Fsp3) is 0.617. The van der Waals surface area contributed by atoms with Gasteiger partial charge in [-0.3, -0.25) is 24.3 Å². The van der Waals surface area contributed by atoms with Gasteiger partial charge in [0.2, 0.25) is 5.78 Å². The number of phenolic OH excluding ortho intramolecular Hbond substituents is 3. The Hall–Kier alpha value is -4.78. The largest absolute Gasteiger partial charge is 0.507 e. The molecule has 11 atom stereocenters. The van der Waals surface area contributed by atoms with Crippen LogP contribution in [0.4, 0.5) is 5.69 Å². The zero-order chi connectivity index (χ0) is 46.5. The second kappa shape index (κ2) is 18.6. The number of ketones is 1. The summed E-state index contributed by atoms with van der Waals surface area (Å²) in [6.45, 7) is 15.4. The molecule has 0 radical (unpaired) electrons. The number of hydrogen-bond acceptors (Lipinski definition) is 16. The molecule has 350 valence electrons. The van der Waals surface area contributed by atoms with Gasteiger partial charge in [-0.25, -0.2) is 0 Å². The van der Waals surface area contributed by atoms with E-state index in [1.54, 1.807) is 39.8 Å². The van der Waals surface area contributed by atoms with Crippen LogP contribution in [-0.4, -0.2) is 141 Å². The second-order valence-corrected chi connectivity index (χ2v) is 18.4. The molecule has 5 bridgehead atoms. The number of carbonyl (C=O) groups is 3. The molecule has 2 aromatic carbocycles. The van der Waals surface area contributed by atoms with Crippen molar-refractivity contribution >= 4 is 40.3 Å². The highest BCUT2D eigenvalue weighted by Gasteiger charge is 2.58. The van der Waals surface area contributed by atoms with Crippen LogP contribution in [-0.2, 0) is 28.5 Å². The number of aliphatic hydroxyl groups excluding tert-OH is 2. The van der Waals surface area contributed by atoms with E-state index >= 15 is 0 Å². The molecular formula is C47H64N4O13. The lowest BCUT2D eigenvalue weighted by Crippen LogP contribution is -2.48. The van der Waals surface area contributed by atoms with Crippen molar-refractivity contribution in [2.24, 2.45) is 28.8 Å². The lowest BCUT2D eigenvalue weighted by Gasteiger charge is -2.38. The molecule has 8 rings (SSSR count). The van der Waals surface area contributed by atoms with Crippen molar-refractivity contribution in [3.63, 3.8) is 0 Å². The van der Waals surface area contributed by atoms with E-state index in [1.165, 1.54) is 72.8 Å². The number of nitrogens with one attached hydrogen (secondary N) is 1. The van der Waals surface area contributed by atoms with Gasteiger partial charge in [0, 0.05) is 93.4 Å². The predicted molar refractivity (Wildman–Crippen MR) is 236 cm³/mol. The molecule has 17 nitrogen and oxygen atoms in total. The Morgan fingerprint density at radius 2 is 1.59 bits per heavy atom. The van der Waals surface area contributed by atoms with Crippen molar-refractivity contribution < 1.29 is 63.6 Å². The van der Waals surface area contributed by atoms with Crippen molar-refractivity contribution in [1.82, 2.24) is 9.91 Å². The van der Waals surface area contributed by atoms with Crippen molar-refractivity contribution in [3.8, 4) is 23.0 Å². The summed E-state index contributed by atoms with van der Waals surface area (Å²) in [7, 11) is 1.45. The zero-order valence-electron chi connectivity index (χ0n) is 38.2. The molecule has 0 spiro atoms. The smallest absolute Gasteiger partial charge is 0.302 e. The molecule has 17 heteroatoms. The molecular weight excluding hydrogens is 829 g/mol. The zero-order valence-corrected chi connectivity index (χ0v) is 38.2. The van der Waals surface area contributed by atoms with Gasteiger partial charge in [0.1, 0.15) is 29.5 Å². The molecule has 6 N–H and O–H groups in total. The number of phenols is 3. The number of Topliss-reactive ketones (excluding diaryl/α,β-unsaturated/α-hetero) is 1. The molecule has 1 amide bonds. The minimum atomic E-state index is -2.07. The second-order valence-electron chi connectivity index (χ2n) is 18.4. The summed E-state index contributed by atoms with van der Waals surface area (Å²) < 4.78 is 30.1. The van der Waals surface area contributed by atoms with Gasteiger partial charge in [-0.15, -0.1) is 0 Å². The number of allylic oxidation sites excluding steroid dienone is 2. The van der Waals surface area contributed by atoms with Crippen LogP contribution < -0.4 is 10.1 Å². The highest BCUT2D eigenvalue weighted by Crippen LogP contribution is 2.55. The molecule has 5 heterocycles. The van der Waals surface area contributed by atoms with E-state index in [1.807, 2.05) is 5.01 Å². The number of benzene rings is 2. The van der Waals surface area contributed by atoms with E-state index in [0.717, 1.165) is 13.1 Å². The Morgan fingerprint density at radius 1 is 0.922 bits per heavy atom. The van der Waals surface area contributed by atoms with Crippen molar-refractivity contribution in [2.45, 2.75) is 130 Å². The normalized spacial score (nSPS) is 34.7. The van der Waals surface area contributed by atoms with Crippen LogP contribution in [0.1, 0.15) is 95.6 Å². The van der Waals surface area contributed by atoms with E-state index in [9.17, 15) is 39.9 Å². The molecule has 6 aliphatic rings. The third-order valence-corrected chi connectivity index (χ3v) is 14.1. The summed E-state index contributed by atoms with van der Waals surface area (Å²) in [5, 5.41) is 67.8. The van der Waals surface area contributed by atoms with E-state index in [2.05, 4.69) is 15.3 Å². The van der Waals surface area contributed by atoms with Gasteiger partial charge in [-0.05, 0) is 26.7 Å². The molecule has 3 fully saturated rings. The Balaban J connectivity index is 1.32. The van der Waals surface area contributed by atoms with Gasteiger partial charge in [-0.2, -0.15) is 5.10 Å². The average molecular weight is 893 g/mol. The first-order valence-electron chi connectivity index (χ1n) is 22.4. The lowest BCUT2D eigenvalue weighted by molar-refractivity contribution is -0.163. The maximum atomic E-state index is 14.7. The number of anilines is 1. The van der Waals surface area contributed by atoms with Crippen molar-refractivity contribution in [2.75, 3.05) is 38.6 Å². The van der Waals surface area contributed by atoms with Crippen LogP contribution in [0.15, 0.2) is 28.9 Å². The van der Waals surface area contributed by atoms with E-state index < -0.39 is 101 Å². The molecule has 64 heavy (non-hydrogen) atoms. The lowest BCUT2D eigenvalue weighted by atomic mass is 9.78. The van der Waals surface area contributed by atoms with Crippen LogP contribution in [0, 0.1) is 30.6 Å². The molecule has 0 aromatic heterocycles. The first kappa shape index (κ1) is 47.2. The third kappa shape index (κ3) is 8.82. The summed E-state index contributed by atoms with van der Waals surface area (Å²) in [6, 6.07) is 0.551. The topological polar surface area (TPSA) is 233 Å². The Morgan fingerprint density at radius 3 is 2.23 bits per heavy atom. The molecule has 2 unspecified atom stereocenters. The Bertz CT molecular complexity index is 2230. The van der Waals surface area contributed by atoms with Gasteiger partial charge in [0.25, 0.3) is 11.7 Å². The monoisotopic (exact) mass is 892 g/mol. The van der Waals surface area contributed by atoms with Crippen LogP contribution in [0.3, 0.4) is 0 Å². The number of epoxide rings is 1. The standard InChI is InChI=1S/C47H64N4O13/c1-22-13-12-14-23(2)45(59)49-34-30(21-48-51-19-17-50(18-20-51)29-15-10-11-16-29)38(56)31-32(39(34)57)37(55)26(5)41-33(31)44(58)47(8,63-41)64-46-43(62-46)42(60-9)27(6)40(61-28(7)52)25(4)36(54)24(3)35(22)53/h12-14,21-22,24-25,27,29,35-36,40,42-43,46,53-57H,10-11,15-20H2,1-9H3,(H,49,59)/b13-12+,23-14-,48-21+/t22-,24+,25+,27-,35-,36+,40-,42+,43?,46?,47+/m0/s1. The van der Waals surface area contributed by atoms with Gasteiger partial charge in [-0.1, -0.05) is 58.8 Å². The van der Waals surface area contributed by atoms with E-state index in [-0.39, 0.29) is 44.5 Å². The van der Waals surface area contributed by atoms with Crippen LogP contribution in [0.25, 0.3) is 10.8 Å². The number of hydrazone groups is 1. The molecule has 1 saturated carbocycles. The number of aliphatic hydroxyl groups is 2. The molecule has 2 saturated heterocycles. The third-order valence-electron chi connectivity index (χ3n) is 14.1. The summed E-state index contributed by atoms with van der Waals surface area (Å²) in [4.78, 5) is 43.5. The number of aromatic hydroxyl groups is 3. The van der Waals surface area contributed by atoms with Crippen molar-refractivity contribution in [3.05, 3.63) is 40.5 Å². The number of carbonyl (C=O) groups excluding carboxylic acids is 3. The maximum Gasteiger partial charge on any atom is 0.302 e. The number of fused-ring (bicyclic) bond motifs is 12. The average Bonchev–Trinajstić information content (AvgIpc) is 3.65. The molecule has 5 aliphatic heterocycles. The number of nitrogens with zero attached hydrogens (tertiary/aromatic N) is 3. The number of piperazine rings is 1. The first-order valence-corrected chi connectivity index (χ1v) is 22.4. The number of esters is 1. The summed E-state index contributed by atoms with van der Waals surface area (Å²) >= 11 is 0. The number of amides is 1. The van der Waals surface area contributed by atoms with Gasteiger partial charge < -0.3 is 54.5 Å². The Labute approximate surface area is 373 Å². The fourth-order valence-electron chi connectivity index (χ4n) is 10.1. The minimum absolute atomic E-state index is 0.0578. The van der Waals surface area contributed by atoms with Crippen LogP contribution in [0.5, 0.6) is 23.0 Å². The highest BCUT2D eigenvalue weighted by molar-refractivity contribution is 6.23. The van der Waals surface area contributed by atoms with Gasteiger partial charge >= 0.3 is 5.97 Å². The van der Waals surface area contributed by atoms with E-state index in [0.29, 0.717) is 19.1 Å². The summed E-state index contributed by atoms with van der Waals surface area (Å²) in [5.74, 6) is -8.39. The predicted octanol–water partition coefficient (Wildman–Crippen LogP) is 4.86. The Kier molecular flexibility index (Phi) is 13.7. The summed E-state index contributed by atoms with van der Waals surface area (Å²) in [5.41, 5.74) is -0.313. The fourth-order valence-corrected chi connectivity index (χ4v) is 10.1.